The Morgan fingerprint density at radius 3 is 2.43 bits per heavy atom. The molecule has 0 N–H and O–H groups in total. The highest BCUT2D eigenvalue weighted by molar-refractivity contribution is 5.68. The highest BCUT2D eigenvalue weighted by Crippen LogP contribution is 2.51. The molecule has 2 spiro atoms. The molecule has 1 amide bonds. The predicted octanol–water partition coefficient (Wildman–Crippen LogP) is 3.26. The van der Waals surface area contributed by atoms with Crippen molar-refractivity contribution in [2.45, 2.75) is 51.5 Å². The molecule has 0 aliphatic carbocycles. The summed E-state index contributed by atoms with van der Waals surface area (Å²) in [6.07, 6.45) is 1.62. The van der Waals surface area contributed by atoms with Crippen molar-refractivity contribution in [3.8, 4) is 0 Å². The summed E-state index contributed by atoms with van der Waals surface area (Å²) in [5, 5.41) is 0. The van der Waals surface area contributed by atoms with Crippen LogP contribution in [0.1, 0.15) is 39.2 Å². The molecule has 3 fully saturated rings. The molecule has 0 saturated carbocycles. The van der Waals surface area contributed by atoms with E-state index in [4.69, 9.17) is 14.2 Å². The molecule has 154 valence electrons. The molecule has 0 aromatic heterocycles. The number of hydrogen-bond acceptors (Lipinski definition) is 5. The van der Waals surface area contributed by atoms with Crippen LogP contribution in [0.25, 0.3) is 0 Å². The molecule has 1 atom stereocenters. The zero-order chi connectivity index (χ0) is 19.8. The third kappa shape index (κ3) is 3.78. The minimum absolute atomic E-state index is 0.0726. The third-order valence-corrected chi connectivity index (χ3v) is 6.15. The van der Waals surface area contributed by atoms with E-state index >= 15 is 0 Å². The minimum Gasteiger partial charge on any atom is -0.444 e. The van der Waals surface area contributed by atoms with Crippen LogP contribution >= 0.6 is 0 Å². The fourth-order valence-electron chi connectivity index (χ4n) is 4.82. The van der Waals surface area contributed by atoms with E-state index in [1.807, 2.05) is 20.8 Å². The van der Waals surface area contributed by atoms with Crippen LogP contribution < -0.4 is 0 Å². The fourth-order valence-corrected chi connectivity index (χ4v) is 4.82. The second-order valence-corrected chi connectivity index (χ2v) is 9.33. The Hall–Kier alpha value is -1.63. The van der Waals surface area contributed by atoms with Crippen molar-refractivity contribution < 1.29 is 19.0 Å². The predicted molar refractivity (Wildman–Crippen MR) is 106 cm³/mol. The zero-order valence-electron chi connectivity index (χ0n) is 17.3. The van der Waals surface area contributed by atoms with Gasteiger partial charge in [-0.05, 0) is 45.7 Å². The Kier molecular flexibility index (Phi) is 5.14. The lowest BCUT2D eigenvalue weighted by Gasteiger charge is -2.51. The van der Waals surface area contributed by atoms with E-state index in [1.165, 1.54) is 5.56 Å². The number of benzene rings is 1. The van der Waals surface area contributed by atoms with Crippen LogP contribution in [0.3, 0.4) is 0 Å². The van der Waals surface area contributed by atoms with Crippen molar-refractivity contribution >= 4 is 6.09 Å². The summed E-state index contributed by atoms with van der Waals surface area (Å²) in [6, 6.07) is 10.6. The fraction of sp³-hybridized carbons (Fsp3) is 0.682. The molecular formula is C22H32N2O4. The van der Waals surface area contributed by atoms with Crippen molar-refractivity contribution in [1.29, 1.82) is 0 Å². The van der Waals surface area contributed by atoms with Crippen LogP contribution in [0.5, 0.6) is 0 Å². The summed E-state index contributed by atoms with van der Waals surface area (Å²) in [6.45, 7) is 10.9. The number of amides is 1. The third-order valence-electron chi connectivity index (χ3n) is 6.15. The van der Waals surface area contributed by atoms with E-state index in [0.717, 1.165) is 32.5 Å². The van der Waals surface area contributed by atoms with Gasteiger partial charge in [0.05, 0.1) is 19.8 Å². The molecule has 3 aliphatic rings. The molecular weight excluding hydrogens is 356 g/mol. The van der Waals surface area contributed by atoms with Crippen LogP contribution in [-0.4, -0.2) is 66.7 Å². The van der Waals surface area contributed by atoms with Gasteiger partial charge in [0.1, 0.15) is 5.60 Å². The van der Waals surface area contributed by atoms with Gasteiger partial charge in [0.2, 0.25) is 0 Å². The average molecular weight is 389 g/mol. The Morgan fingerprint density at radius 2 is 1.75 bits per heavy atom. The number of carbonyl (C=O) groups is 1. The Bertz CT molecular complexity index is 696. The van der Waals surface area contributed by atoms with Crippen LogP contribution in [0.4, 0.5) is 4.79 Å². The highest BCUT2D eigenvalue weighted by Gasteiger charge is 2.61. The SMILES string of the molecule is CC(C)(C)OC(=O)N1CCC2(CCN(Cc3ccccc3)C2)C2(C1)OCCO2. The van der Waals surface area contributed by atoms with E-state index < -0.39 is 11.4 Å². The number of fused-ring (bicyclic) bond motifs is 1. The first kappa shape index (κ1) is 19.7. The standard InChI is InChI=1S/C22H32N2O4/c1-20(2,3)28-19(25)24-12-10-21(22(17-24)26-13-14-27-22)9-11-23(16-21)15-18-7-5-4-6-8-18/h4-8H,9-17H2,1-3H3. The molecule has 3 heterocycles. The van der Waals surface area contributed by atoms with Crippen LogP contribution in [0.15, 0.2) is 30.3 Å². The molecule has 3 aliphatic heterocycles. The number of rotatable bonds is 2. The van der Waals surface area contributed by atoms with Gasteiger partial charge < -0.3 is 19.1 Å². The van der Waals surface area contributed by atoms with Gasteiger partial charge in [0, 0.05) is 25.0 Å². The minimum atomic E-state index is -0.715. The lowest BCUT2D eigenvalue weighted by atomic mass is 9.72. The molecule has 1 aromatic rings. The number of carbonyl (C=O) groups excluding carboxylic acids is 1. The van der Waals surface area contributed by atoms with Crippen LogP contribution in [-0.2, 0) is 20.8 Å². The van der Waals surface area contributed by atoms with Crippen molar-refractivity contribution in [3.63, 3.8) is 0 Å². The van der Waals surface area contributed by atoms with Gasteiger partial charge in [0.15, 0.2) is 5.79 Å². The molecule has 6 heteroatoms. The first-order valence-corrected chi connectivity index (χ1v) is 10.3. The highest BCUT2D eigenvalue weighted by atomic mass is 16.7. The topological polar surface area (TPSA) is 51.2 Å². The Labute approximate surface area is 167 Å². The summed E-state index contributed by atoms with van der Waals surface area (Å²) in [4.78, 5) is 16.9. The molecule has 1 unspecified atom stereocenters. The lowest BCUT2D eigenvalue weighted by molar-refractivity contribution is -0.259. The number of hydrogen-bond donors (Lipinski definition) is 0. The van der Waals surface area contributed by atoms with Gasteiger partial charge in [-0.15, -0.1) is 0 Å². The van der Waals surface area contributed by atoms with Crippen molar-refractivity contribution in [2.75, 3.05) is 39.4 Å². The monoisotopic (exact) mass is 388 g/mol. The smallest absolute Gasteiger partial charge is 0.410 e. The van der Waals surface area contributed by atoms with Crippen molar-refractivity contribution in [3.05, 3.63) is 35.9 Å². The Balaban J connectivity index is 1.48. The molecule has 0 radical (unpaired) electrons. The number of likely N-dealkylation sites (tertiary alicyclic amines) is 2. The second kappa shape index (κ2) is 7.32. The van der Waals surface area contributed by atoms with Gasteiger partial charge in [-0.2, -0.15) is 0 Å². The maximum absolute atomic E-state index is 12.6. The summed E-state index contributed by atoms with van der Waals surface area (Å²) in [5.74, 6) is -0.715. The van der Waals surface area contributed by atoms with Gasteiger partial charge in [-0.3, -0.25) is 4.90 Å². The number of nitrogens with zero attached hydrogens (tertiary/aromatic N) is 2. The maximum atomic E-state index is 12.6. The van der Waals surface area contributed by atoms with E-state index in [-0.39, 0.29) is 11.5 Å². The van der Waals surface area contributed by atoms with Crippen molar-refractivity contribution in [1.82, 2.24) is 9.80 Å². The van der Waals surface area contributed by atoms with E-state index in [0.29, 0.717) is 26.3 Å². The molecule has 6 nitrogen and oxygen atoms in total. The van der Waals surface area contributed by atoms with Crippen LogP contribution in [0.2, 0.25) is 0 Å². The molecule has 0 bridgehead atoms. The molecule has 28 heavy (non-hydrogen) atoms. The first-order valence-electron chi connectivity index (χ1n) is 10.3. The summed E-state index contributed by atoms with van der Waals surface area (Å²) in [5.41, 5.74) is 0.751. The van der Waals surface area contributed by atoms with Crippen LogP contribution in [0, 0.1) is 5.41 Å². The van der Waals surface area contributed by atoms with Crippen molar-refractivity contribution in [2.24, 2.45) is 5.41 Å². The second-order valence-electron chi connectivity index (χ2n) is 9.33. The molecule has 1 aromatic carbocycles. The summed E-state index contributed by atoms with van der Waals surface area (Å²) < 4.78 is 18.1. The quantitative estimate of drug-likeness (QED) is 0.778. The number of piperidine rings is 1. The summed E-state index contributed by atoms with van der Waals surface area (Å²) >= 11 is 0. The Morgan fingerprint density at radius 1 is 1.07 bits per heavy atom. The zero-order valence-corrected chi connectivity index (χ0v) is 17.3. The van der Waals surface area contributed by atoms with Gasteiger partial charge in [0.25, 0.3) is 0 Å². The maximum Gasteiger partial charge on any atom is 0.410 e. The molecule has 4 rings (SSSR count). The lowest BCUT2D eigenvalue weighted by Crippen LogP contribution is -2.63. The van der Waals surface area contributed by atoms with E-state index in [9.17, 15) is 4.79 Å². The normalized spacial score (nSPS) is 27.6. The van der Waals surface area contributed by atoms with Gasteiger partial charge in [-0.1, -0.05) is 30.3 Å². The van der Waals surface area contributed by atoms with Gasteiger partial charge in [-0.25, -0.2) is 4.79 Å². The summed E-state index contributed by atoms with van der Waals surface area (Å²) in [7, 11) is 0. The van der Waals surface area contributed by atoms with Gasteiger partial charge >= 0.3 is 6.09 Å². The molecule has 3 saturated heterocycles. The average Bonchev–Trinajstić information content (AvgIpc) is 3.26. The largest absolute Gasteiger partial charge is 0.444 e. The number of ether oxygens (including phenoxy) is 3. The first-order chi connectivity index (χ1) is 13.3. The van der Waals surface area contributed by atoms with E-state index in [1.54, 1.807) is 4.90 Å². The van der Waals surface area contributed by atoms with E-state index in [2.05, 4.69) is 35.2 Å².